The standard InChI is InChI=1S/C17H28N2O4.ClH/c1-5-6-7-13(11-18)19-16(20)10-12-8-14(21-2)17(23-4)15(9-12)22-3;/h8-9,13H,5-7,10-11,18H2,1-4H3,(H,19,20);1H. The number of amides is 1. The zero-order valence-electron chi connectivity index (χ0n) is 14.9. The number of unbranched alkanes of at least 4 members (excludes halogenated alkanes) is 1. The fraction of sp³-hybridized carbons (Fsp3) is 0.588. The highest BCUT2D eigenvalue weighted by Gasteiger charge is 2.16. The van der Waals surface area contributed by atoms with Gasteiger partial charge in [0.1, 0.15) is 0 Å². The van der Waals surface area contributed by atoms with Gasteiger partial charge in [-0.05, 0) is 24.1 Å². The average molecular weight is 361 g/mol. The number of carbonyl (C=O) groups excluding carboxylic acids is 1. The van der Waals surface area contributed by atoms with Crippen molar-refractivity contribution in [2.75, 3.05) is 27.9 Å². The molecule has 0 saturated heterocycles. The molecule has 24 heavy (non-hydrogen) atoms. The van der Waals surface area contributed by atoms with Crippen LogP contribution in [0, 0.1) is 0 Å². The quantitative estimate of drug-likeness (QED) is 0.669. The molecule has 0 spiro atoms. The number of hydrogen-bond acceptors (Lipinski definition) is 5. The number of nitrogens with one attached hydrogen (secondary N) is 1. The molecule has 1 atom stereocenters. The van der Waals surface area contributed by atoms with Crippen LogP contribution in [0.1, 0.15) is 31.7 Å². The number of halogens is 1. The van der Waals surface area contributed by atoms with E-state index in [4.69, 9.17) is 19.9 Å². The molecule has 138 valence electrons. The lowest BCUT2D eigenvalue weighted by molar-refractivity contribution is -0.121. The van der Waals surface area contributed by atoms with Crippen LogP contribution in [0.2, 0.25) is 0 Å². The summed E-state index contributed by atoms with van der Waals surface area (Å²) in [5.41, 5.74) is 6.51. The minimum absolute atomic E-state index is 0. The van der Waals surface area contributed by atoms with E-state index in [1.54, 1.807) is 33.5 Å². The summed E-state index contributed by atoms with van der Waals surface area (Å²) in [4.78, 5) is 12.2. The lowest BCUT2D eigenvalue weighted by atomic mass is 10.1. The highest BCUT2D eigenvalue weighted by atomic mass is 35.5. The van der Waals surface area contributed by atoms with Gasteiger partial charge in [0, 0.05) is 12.6 Å². The molecule has 3 N–H and O–H groups in total. The third-order valence-electron chi connectivity index (χ3n) is 3.64. The van der Waals surface area contributed by atoms with Gasteiger partial charge in [-0.25, -0.2) is 0 Å². The third kappa shape index (κ3) is 6.45. The number of rotatable bonds is 10. The van der Waals surface area contributed by atoms with Gasteiger partial charge in [0.05, 0.1) is 27.8 Å². The van der Waals surface area contributed by atoms with Crippen LogP contribution in [0.5, 0.6) is 17.2 Å². The molecule has 1 amide bonds. The van der Waals surface area contributed by atoms with E-state index in [0.717, 1.165) is 24.8 Å². The van der Waals surface area contributed by atoms with Crippen molar-refractivity contribution in [2.45, 2.75) is 38.6 Å². The first-order valence-electron chi connectivity index (χ1n) is 7.87. The minimum Gasteiger partial charge on any atom is -0.493 e. The van der Waals surface area contributed by atoms with Gasteiger partial charge in [-0.3, -0.25) is 4.79 Å². The number of methoxy groups -OCH3 is 3. The summed E-state index contributed by atoms with van der Waals surface area (Å²) >= 11 is 0. The molecule has 0 aliphatic carbocycles. The third-order valence-corrected chi connectivity index (χ3v) is 3.64. The first-order chi connectivity index (χ1) is 11.1. The SMILES string of the molecule is CCCCC(CN)NC(=O)Cc1cc(OC)c(OC)c(OC)c1.Cl. The molecule has 1 aromatic carbocycles. The number of hydrogen-bond donors (Lipinski definition) is 2. The van der Waals surface area contributed by atoms with E-state index >= 15 is 0 Å². The molecule has 0 radical (unpaired) electrons. The fourth-order valence-electron chi connectivity index (χ4n) is 2.40. The lowest BCUT2D eigenvalue weighted by Crippen LogP contribution is -2.40. The van der Waals surface area contributed by atoms with Crippen molar-refractivity contribution in [1.82, 2.24) is 5.32 Å². The molecule has 0 bridgehead atoms. The molecular formula is C17H29ClN2O4. The van der Waals surface area contributed by atoms with Crippen LogP contribution in [0.15, 0.2) is 12.1 Å². The summed E-state index contributed by atoms with van der Waals surface area (Å²) < 4.78 is 15.9. The van der Waals surface area contributed by atoms with Crippen molar-refractivity contribution in [2.24, 2.45) is 5.73 Å². The van der Waals surface area contributed by atoms with E-state index in [9.17, 15) is 4.79 Å². The Morgan fingerprint density at radius 3 is 2.17 bits per heavy atom. The van der Waals surface area contributed by atoms with Crippen LogP contribution in [0.4, 0.5) is 0 Å². The number of benzene rings is 1. The molecule has 1 aromatic rings. The first kappa shape index (κ1) is 22.3. The molecule has 0 heterocycles. The minimum atomic E-state index is -0.0640. The normalized spacial score (nSPS) is 11.2. The summed E-state index contributed by atoms with van der Waals surface area (Å²) in [6.07, 6.45) is 3.26. The molecule has 0 aromatic heterocycles. The molecule has 0 saturated carbocycles. The number of carbonyl (C=O) groups is 1. The van der Waals surface area contributed by atoms with Crippen LogP contribution in [0.3, 0.4) is 0 Å². The van der Waals surface area contributed by atoms with Gasteiger partial charge in [-0.1, -0.05) is 19.8 Å². The predicted molar refractivity (Wildman–Crippen MR) is 97.6 cm³/mol. The smallest absolute Gasteiger partial charge is 0.224 e. The summed E-state index contributed by atoms with van der Waals surface area (Å²) in [6.45, 7) is 2.56. The van der Waals surface area contributed by atoms with Gasteiger partial charge in [-0.2, -0.15) is 0 Å². The van der Waals surface area contributed by atoms with Crippen LogP contribution in [-0.2, 0) is 11.2 Å². The Kier molecular flexibility index (Phi) is 11.0. The molecule has 0 fully saturated rings. The van der Waals surface area contributed by atoms with E-state index in [-0.39, 0.29) is 30.8 Å². The maximum Gasteiger partial charge on any atom is 0.224 e. The fourth-order valence-corrected chi connectivity index (χ4v) is 2.40. The van der Waals surface area contributed by atoms with Crippen LogP contribution < -0.4 is 25.3 Å². The number of ether oxygens (including phenoxy) is 3. The second-order valence-corrected chi connectivity index (χ2v) is 5.35. The first-order valence-corrected chi connectivity index (χ1v) is 7.87. The Bertz CT molecular complexity index is 486. The monoisotopic (exact) mass is 360 g/mol. The van der Waals surface area contributed by atoms with E-state index in [1.165, 1.54) is 0 Å². The van der Waals surface area contributed by atoms with Crippen LogP contribution in [-0.4, -0.2) is 39.8 Å². The number of nitrogens with two attached hydrogens (primary N) is 1. The van der Waals surface area contributed by atoms with Crippen molar-refractivity contribution >= 4 is 18.3 Å². The molecule has 1 unspecified atom stereocenters. The van der Waals surface area contributed by atoms with Crippen molar-refractivity contribution in [1.29, 1.82) is 0 Å². The maximum absolute atomic E-state index is 12.2. The zero-order chi connectivity index (χ0) is 17.2. The highest BCUT2D eigenvalue weighted by Crippen LogP contribution is 2.38. The summed E-state index contributed by atoms with van der Waals surface area (Å²) in [6, 6.07) is 3.58. The summed E-state index contributed by atoms with van der Waals surface area (Å²) in [5, 5.41) is 2.98. The van der Waals surface area contributed by atoms with Gasteiger partial charge >= 0.3 is 0 Å². The van der Waals surface area contributed by atoms with E-state index in [2.05, 4.69) is 12.2 Å². The Labute approximate surface area is 150 Å². The van der Waals surface area contributed by atoms with Crippen LogP contribution >= 0.6 is 12.4 Å². The average Bonchev–Trinajstić information content (AvgIpc) is 2.57. The highest BCUT2D eigenvalue weighted by molar-refractivity contribution is 5.85. The zero-order valence-corrected chi connectivity index (χ0v) is 15.7. The van der Waals surface area contributed by atoms with Crippen molar-refractivity contribution in [3.8, 4) is 17.2 Å². The van der Waals surface area contributed by atoms with Gasteiger partial charge < -0.3 is 25.3 Å². The van der Waals surface area contributed by atoms with E-state index in [1.807, 2.05) is 0 Å². The Balaban J connectivity index is 0.00000529. The summed E-state index contributed by atoms with van der Waals surface area (Å²) in [7, 11) is 4.65. The van der Waals surface area contributed by atoms with Gasteiger partial charge in [-0.15, -0.1) is 12.4 Å². The van der Waals surface area contributed by atoms with Gasteiger partial charge in [0.2, 0.25) is 11.7 Å². The second kappa shape index (κ2) is 11.8. The molecule has 6 nitrogen and oxygen atoms in total. The Morgan fingerprint density at radius 2 is 1.75 bits per heavy atom. The Morgan fingerprint density at radius 1 is 1.17 bits per heavy atom. The molecule has 0 aliphatic heterocycles. The van der Waals surface area contributed by atoms with Crippen LogP contribution in [0.25, 0.3) is 0 Å². The topological polar surface area (TPSA) is 82.8 Å². The largest absolute Gasteiger partial charge is 0.493 e. The molecule has 1 rings (SSSR count). The van der Waals surface area contributed by atoms with Crippen molar-refractivity contribution < 1.29 is 19.0 Å². The van der Waals surface area contributed by atoms with E-state index < -0.39 is 0 Å². The van der Waals surface area contributed by atoms with Gasteiger partial charge in [0.25, 0.3) is 0 Å². The van der Waals surface area contributed by atoms with E-state index in [0.29, 0.717) is 23.8 Å². The predicted octanol–water partition coefficient (Wildman–Crippen LogP) is 2.31. The summed E-state index contributed by atoms with van der Waals surface area (Å²) in [5.74, 6) is 1.53. The molecule has 0 aliphatic rings. The lowest BCUT2D eigenvalue weighted by Gasteiger charge is -2.17. The maximum atomic E-state index is 12.2. The molecular weight excluding hydrogens is 332 g/mol. The van der Waals surface area contributed by atoms with Gasteiger partial charge in [0.15, 0.2) is 11.5 Å². The van der Waals surface area contributed by atoms with Crippen molar-refractivity contribution in [3.05, 3.63) is 17.7 Å². The Hall–Kier alpha value is -1.66. The molecule has 7 heteroatoms. The van der Waals surface area contributed by atoms with Crippen molar-refractivity contribution in [3.63, 3.8) is 0 Å². The second-order valence-electron chi connectivity index (χ2n) is 5.35.